The van der Waals surface area contributed by atoms with Gasteiger partial charge < -0.3 is 5.32 Å². The Bertz CT molecular complexity index is 780. The summed E-state index contributed by atoms with van der Waals surface area (Å²) in [5, 5.41) is 17.7. The van der Waals surface area contributed by atoms with Gasteiger partial charge in [-0.25, -0.2) is 4.39 Å². The van der Waals surface area contributed by atoms with Crippen LogP contribution in [0.1, 0.15) is 12.5 Å². The van der Waals surface area contributed by atoms with Crippen molar-refractivity contribution in [1.29, 1.82) is 0 Å². The van der Waals surface area contributed by atoms with Gasteiger partial charge in [-0.05, 0) is 37.3 Å². The summed E-state index contributed by atoms with van der Waals surface area (Å²) in [6, 6.07) is 12.3. The van der Waals surface area contributed by atoms with Crippen molar-refractivity contribution < 1.29 is 9.31 Å². The highest BCUT2D eigenvalue weighted by Gasteiger charge is 2.14. The quantitative estimate of drug-likeness (QED) is 0.388. The number of thiocarbonyl (C=S) groups is 1. The SMILES string of the molecule is C/C(=N/NC(=S)Nc1ccccc1F)c1ccccc1[N+](=O)[O-]. The van der Waals surface area contributed by atoms with Gasteiger partial charge in [0.15, 0.2) is 5.11 Å². The van der Waals surface area contributed by atoms with Crippen LogP contribution in [0.2, 0.25) is 0 Å². The number of rotatable bonds is 4. The van der Waals surface area contributed by atoms with Crippen LogP contribution in [0.5, 0.6) is 0 Å². The third kappa shape index (κ3) is 4.30. The minimum absolute atomic E-state index is 0.0523. The first-order valence-electron chi connectivity index (χ1n) is 6.58. The number of para-hydroxylation sites is 2. The van der Waals surface area contributed by atoms with Gasteiger partial charge in [-0.1, -0.05) is 24.3 Å². The largest absolute Gasteiger partial charge is 0.329 e. The van der Waals surface area contributed by atoms with Gasteiger partial charge in [-0.2, -0.15) is 5.10 Å². The van der Waals surface area contributed by atoms with Gasteiger partial charge in [-0.3, -0.25) is 15.5 Å². The number of halogens is 1. The molecule has 0 saturated carbocycles. The molecule has 23 heavy (non-hydrogen) atoms. The zero-order chi connectivity index (χ0) is 16.8. The standard InChI is InChI=1S/C15H13FN4O2S/c1-10(11-6-2-5-9-14(11)20(21)22)18-19-15(23)17-13-8-4-3-7-12(13)16/h2-9H,1H3,(H2,17,19,23)/b18-10-. The molecule has 2 rings (SSSR count). The first-order chi connectivity index (χ1) is 11.0. The molecule has 0 heterocycles. The molecular weight excluding hydrogens is 319 g/mol. The lowest BCUT2D eigenvalue weighted by atomic mass is 10.1. The fourth-order valence-corrected chi connectivity index (χ4v) is 2.00. The maximum absolute atomic E-state index is 13.5. The second-order valence-corrected chi connectivity index (χ2v) is 4.93. The zero-order valence-corrected chi connectivity index (χ0v) is 12.9. The van der Waals surface area contributed by atoms with Crippen LogP contribution in [0, 0.1) is 15.9 Å². The molecule has 0 bridgehead atoms. The average Bonchev–Trinajstić information content (AvgIpc) is 2.54. The molecule has 2 aromatic rings. The number of benzene rings is 2. The Morgan fingerprint density at radius 2 is 1.87 bits per heavy atom. The number of hydrogen-bond acceptors (Lipinski definition) is 4. The lowest BCUT2D eigenvalue weighted by Crippen LogP contribution is -2.25. The van der Waals surface area contributed by atoms with Gasteiger partial charge >= 0.3 is 0 Å². The van der Waals surface area contributed by atoms with E-state index in [0.717, 1.165) is 0 Å². The Labute approximate surface area is 137 Å². The summed E-state index contributed by atoms with van der Waals surface area (Å²) >= 11 is 5.02. The van der Waals surface area contributed by atoms with Crippen LogP contribution in [0.25, 0.3) is 0 Å². The molecule has 0 atom stereocenters. The minimum atomic E-state index is -0.482. The average molecular weight is 332 g/mol. The Hall–Kier alpha value is -2.87. The molecule has 0 aromatic heterocycles. The third-order valence-electron chi connectivity index (χ3n) is 2.94. The van der Waals surface area contributed by atoms with Gasteiger partial charge in [0, 0.05) is 6.07 Å². The van der Waals surface area contributed by atoms with E-state index < -0.39 is 10.7 Å². The highest BCUT2D eigenvalue weighted by atomic mass is 32.1. The predicted molar refractivity (Wildman–Crippen MR) is 91.1 cm³/mol. The van der Waals surface area contributed by atoms with E-state index in [1.165, 1.54) is 18.2 Å². The topological polar surface area (TPSA) is 79.6 Å². The van der Waals surface area contributed by atoms with E-state index >= 15 is 0 Å². The van der Waals surface area contributed by atoms with Crippen LogP contribution in [-0.4, -0.2) is 15.7 Å². The number of anilines is 1. The van der Waals surface area contributed by atoms with E-state index in [0.29, 0.717) is 11.3 Å². The number of nitrogens with zero attached hydrogens (tertiary/aromatic N) is 2. The van der Waals surface area contributed by atoms with Gasteiger partial charge in [0.2, 0.25) is 0 Å². The molecule has 0 saturated heterocycles. The van der Waals surface area contributed by atoms with Crippen LogP contribution in [0.15, 0.2) is 53.6 Å². The molecule has 0 aliphatic heterocycles. The van der Waals surface area contributed by atoms with Crippen molar-refractivity contribution in [2.24, 2.45) is 5.10 Å². The Balaban J connectivity index is 2.09. The highest BCUT2D eigenvalue weighted by molar-refractivity contribution is 7.80. The summed E-state index contributed by atoms with van der Waals surface area (Å²) in [4.78, 5) is 10.5. The van der Waals surface area contributed by atoms with Crippen molar-refractivity contribution in [3.8, 4) is 0 Å². The normalized spacial score (nSPS) is 11.0. The van der Waals surface area contributed by atoms with E-state index in [1.54, 1.807) is 37.3 Å². The van der Waals surface area contributed by atoms with Gasteiger partial charge in [0.25, 0.3) is 5.69 Å². The summed E-state index contributed by atoms with van der Waals surface area (Å²) < 4.78 is 13.5. The van der Waals surface area contributed by atoms with E-state index in [-0.39, 0.29) is 16.5 Å². The third-order valence-corrected chi connectivity index (χ3v) is 3.13. The van der Waals surface area contributed by atoms with Crippen LogP contribution in [-0.2, 0) is 0 Å². The number of hydrazone groups is 1. The van der Waals surface area contributed by atoms with Crippen molar-refractivity contribution in [1.82, 2.24) is 5.43 Å². The summed E-state index contributed by atoms with van der Waals surface area (Å²) in [5.41, 5.74) is 3.46. The monoisotopic (exact) mass is 332 g/mol. The molecule has 2 N–H and O–H groups in total. The van der Waals surface area contributed by atoms with Crippen molar-refractivity contribution in [3.05, 3.63) is 70.0 Å². The molecule has 0 fully saturated rings. The van der Waals surface area contributed by atoms with Gasteiger partial charge in [0.1, 0.15) is 5.82 Å². The summed E-state index contributed by atoms with van der Waals surface area (Å²) in [6.45, 7) is 1.61. The van der Waals surface area contributed by atoms with E-state index in [2.05, 4.69) is 15.8 Å². The Kier molecular flexibility index (Phi) is 5.32. The molecule has 0 radical (unpaired) electrons. The zero-order valence-electron chi connectivity index (χ0n) is 12.1. The van der Waals surface area contributed by atoms with Gasteiger partial charge in [-0.15, -0.1) is 0 Å². The molecule has 2 aromatic carbocycles. The van der Waals surface area contributed by atoms with Crippen LogP contribution < -0.4 is 10.7 Å². The van der Waals surface area contributed by atoms with E-state index in [1.807, 2.05) is 0 Å². The summed E-state index contributed by atoms with van der Waals surface area (Å²) in [6.07, 6.45) is 0. The number of nitro benzene ring substituents is 1. The first kappa shape index (κ1) is 16.5. The molecule has 0 spiro atoms. The number of hydrogen-bond donors (Lipinski definition) is 2. The number of nitrogens with one attached hydrogen (secondary N) is 2. The minimum Gasteiger partial charge on any atom is -0.329 e. The first-order valence-corrected chi connectivity index (χ1v) is 6.99. The summed E-state index contributed by atoms with van der Waals surface area (Å²) in [7, 11) is 0. The van der Waals surface area contributed by atoms with Crippen molar-refractivity contribution in [2.75, 3.05) is 5.32 Å². The molecule has 0 aliphatic carbocycles. The smallest absolute Gasteiger partial charge is 0.278 e. The fourth-order valence-electron chi connectivity index (χ4n) is 1.85. The summed E-state index contributed by atoms with van der Waals surface area (Å²) in [5.74, 6) is -0.448. The van der Waals surface area contributed by atoms with E-state index in [4.69, 9.17) is 12.2 Å². The molecule has 0 aliphatic rings. The number of nitro groups is 1. The predicted octanol–water partition coefficient (Wildman–Crippen LogP) is 3.44. The van der Waals surface area contributed by atoms with Crippen molar-refractivity contribution in [3.63, 3.8) is 0 Å². The van der Waals surface area contributed by atoms with Crippen molar-refractivity contribution >= 4 is 34.4 Å². The molecule has 0 unspecified atom stereocenters. The van der Waals surface area contributed by atoms with Crippen LogP contribution in [0.4, 0.5) is 15.8 Å². The second kappa shape index (κ2) is 7.41. The molecule has 8 heteroatoms. The second-order valence-electron chi connectivity index (χ2n) is 4.52. The lowest BCUT2D eigenvalue weighted by molar-refractivity contribution is -0.385. The fraction of sp³-hybridized carbons (Fsp3) is 0.0667. The molecule has 0 amide bonds. The molecule has 6 nitrogen and oxygen atoms in total. The molecule has 118 valence electrons. The van der Waals surface area contributed by atoms with Crippen molar-refractivity contribution in [2.45, 2.75) is 6.92 Å². The maximum Gasteiger partial charge on any atom is 0.278 e. The highest BCUT2D eigenvalue weighted by Crippen LogP contribution is 2.18. The van der Waals surface area contributed by atoms with E-state index in [9.17, 15) is 14.5 Å². The van der Waals surface area contributed by atoms with Crippen LogP contribution in [0.3, 0.4) is 0 Å². The molecular formula is C15H13FN4O2S. The van der Waals surface area contributed by atoms with Gasteiger partial charge in [0.05, 0.1) is 21.9 Å². The lowest BCUT2D eigenvalue weighted by Gasteiger charge is -2.08. The van der Waals surface area contributed by atoms with Crippen LogP contribution >= 0.6 is 12.2 Å². The maximum atomic E-state index is 13.5. The Morgan fingerprint density at radius 3 is 2.57 bits per heavy atom. The Morgan fingerprint density at radius 1 is 1.22 bits per heavy atom.